The molecule has 0 unspecified atom stereocenters. The molecule has 2 aromatic carbocycles. The highest BCUT2D eigenvalue weighted by Crippen LogP contribution is 2.25. The van der Waals surface area contributed by atoms with Crippen LogP contribution >= 0.6 is 0 Å². The number of hydrogen-bond acceptors (Lipinski definition) is 5. The standard InChI is InChI=1S/C19H24N4O2/c1-3-5-13-22(4-2)19-12-11-18(23(24)25)14-16(19)15-20-21-17-9-7-6-8-10-17/h6-12,14-15,21H,3-5,13H2,1-2H3. The lowest BCUT2D eigenvalue weighted by Gasteiger charge is -2.24. The van der Waals surface area contributed by atoms with Crippen molar-refractivity contribution in [3.8, 4) is 0 Å². The van der Waals surface area contributed by atoms with Crippen molar-refractivity contribution < 1.29 is 4.92 Å². The highest BCUT2D eigenvalue weighted by molar-refractivity contribution is 5.89. The Morgan fingerprint density at radius 3 is 2.60 bits per heavy atom. The van der Waals surface area contributed by atoms with Crippen molar-refractivity contribution in [2.24, 2.45) is 5.10 Å². The van der Waals surface area contributed by atoms with Crippen LogP contribution in [-0.4, -0.2) is 24.2 Å². The van der Waals surface area contributed by atoms with Gasteiger partial charge in [-0.1, -0.05) is 31.5 Å². The molecular weight excluding hydrogens is 316 g/mol. The Balaban J connectivity index is 2.27. The molecular formula is C19H24N4O2. The van der Waals surface area contributed by atoms with E-state index in [9.17, 15) is 10.1 Å². The maximum Gasteiger partial charge on any atom is 0.270 e. The second-order valence-corrected chi connectivity index (χ2v) is 5.67. The molecule has 0 bridgehead atoms. The minimum absolute atomic E-state index is 0.0662. The molecule has 0 atom stereocenters. The van der Waals surface area contributed by atoms with Gasteiger partial charge in [-0.3, -0.25) is 15.5 Å². The summed E-state index contributed by atoms with van der Waals surface area (Å²) in [5.41, 5.74) is 5.57. The maximum atomic E-state index is 11.1. The fourth-order valence-corrected chi connectivity index (χ4v) is 2.53. The summed E-state index contributed by atoms with van der Waals surface area (Å²) in [5.74, 6) is 0. The average Bonchev–Trinajstić information content (AvgIpc) is 2.64. The van der Waals surface area contributed by atoms with Crippen LogP contribution < -0.4 is 10.3 Å². The highest BCUT2D eigenvalue weighted by Gasteiger charge is 2.13. The molecule has 2 aromatic rings. The van der Waals surface area contributed by atoms with Crippen LogP contribution in [0.1, 0.15) is 32.3 Å². The minimum atomic E-state index is -0.381. The fraction of sp³-hybridized carbons (Fsp3) is 0.316. The molecule has 0 radical (unpaired) electrons. The van der Waals surface area contributed by atoms with E-state index >= 15 is 0 Å². The van der Waals surface area contributed by atoms with Crippen LogP contribution in [0.15, 0.2) is 53.6 Å². The molecule has 0 heterocycles. The van der Waals surface area contributed by atoms with E-state index in [1.54, 1.807) is 24.4 Å². The van der Waals surface area contributed by atoms with E-state index < -0.39 is 0 Å². The number of hydrazone groups is 1. The molecule has 0 aromatic heterocycles. The first kappa shape index (κ1) is 18.4. The molecule has 25 heavy (non-hydrogen) atoms. The molecule has 0 spiro atoms. The number of unbranched alkanes of at least 4 members (excludes halogenated alkanes) is 1. The van der Waals surface area contributed by atoms with Crippen LogP contribution in [0.5, 0.6) is 0 Å². The van der Waals surface area contributed by atoms with Crippen molar-refractivity contribution in [2.75, 3.05) is 23.4 Å². The summed E-state index contributed by atoms with van der Waals surface area (Å²) in [6, 6.07) is 14.5. The Hall–Kier alpha value is -2.89. The monoisotopic (exact) mass is 340 g/mol. The smallest absolute Gasteiger partial charge is 0.270 e. The summed E-state index contributed by atoms with van der Waals surface area (Å²) >= 11 is 0. The van der Waals surface area contributed by atoms with Gasteiger partial charge in [0.15, 0.2) is 0 Å². The first-order chi connectivity index (χ1) is 12.2. The molecule has 0 aliphatic rings. The number of non-ortho nitro benzene ring substituents is 1. The third-order valence-corrected chi connectivity index (χ3v) is 3.90. The van der Waals surface area contributed by atoms with Crippen LogP contribution in [-0.2, 0) is 0 Å². The van der Waals surface area contributed by atoms with Gasteiger partial charge in [0.2, 0.25) is 0 Å². The van der Waals surface area contributed by atoms with Crippen LogP contribution in [0.2, 0.25) is 0 Å². The van der Waals surface area contributed by atoms with Crippen molar-refractivity contribution in [3.63, 3.8) is 0 Å². The summed E-state index contributed by atoms with van der Waals surface area (Å²) < 4.78 is 0. The fourth-order valence-electron chi connectivity index (χ4n) is 2.53. The highest BCUT2D eigenvalue weighted by atomic mass is 16.6. The molecule has 0 saturated heterocycles. The van der Waals surface area contributed by atoms with Crippen molar-refractivity contribution in [1.29, 1.82) is 0 Å². The summed E-state index contributed by atoms with van der Waals surface area (Å²) in [6.45, 7) is 5.98. The third-order valence-electron chi connectivity index (χ3n) is 3.90. The van der Waals surface area contributed by atoms with Gasteiger partial charge in [-0.05, 0) is 31.5 Å². The summed E-state index contributed by atoms with van der Waals surface area (Å²) in [7, 11) is 0. The molecule has 2 rings (SSSR count). The van der Waals surface area contributed by atoms with Crippen LogP contribution in [0.3, 0.4) is 0 Å². The molecule has 6 heteroatoms. The van der Waals surface area contributed by atoms with Gasteiger partial charge in [-0.15, -0.1) is 0 Å². The molecule has 0 aliphatic carbocycles. The zero-order valence-corrected chi connectivity index (χ0v) is 14.7. The van der Waals surface area contributed by atoms with Crippen LogP contribution in [0.25, 0.3) is 0 Å². The lowest BCUT2D eigenvalue weighted by Crippen LogP contribution is -2.25. The normalized spacial score (nSPS) is 10.8. The first-order valence-corrected chi connectivity index (χ1v) is 8.53. The van der Waals surface area contributed by atoms with Crippen molar-refractivity contribution in [1.82, 2.24) is 0 Å². The van der Waals surface area contributed by atoms with E-state index in [1.165, 1.54) is 0 Å². The number of para-hydroxylation sites is 1. The molecule has 6 nitrogen and oxygen atoms in total. The number of rotatable bonds is 9. The molecule has 0 aliphatic heterocycles. The maximum absolute atomic E-state index is 11.1. The second-order valence-electron chi connectivity index (χ2n) is 5.67. The van der Waals surface area contributed by atoms with Gasteiger partial charge in [0.05, 0.1) is 16.8 Å². The van der Waals surface area contributed by atoms with E-state index in [1.807, 2.05) is 30.3 Å². The van der Waals surface area contributed by atoms with Crippen LogP contribution in [0, 0.1) is 10.1 Å². The SMILES string of the molecule is CCCCN(CC)c1ccc([N+](=O)[O-])cc1C=NNc1ccccc1. The zero-order chi connectivity index (χ0) is 18.1. The van der Waals surface area contributed by atoms with Gasteiger partial charge in [0, 0.05) is 36.5 Å². The zero-order valence-electron chi connectivity index (χ0n) is 14.7. The predicted octanol–water partition coefficient (Wildman–Crippen LogP) is 4.67. The van der Waals surface area contributed by atoms with E-state index in [4.69, 9.17) is 0 Å². The number of benzene rings is 2. The van der Waals surface area contributed by atoms with E-state index in [0.29, 0.717) is 0 Å². The lowest BCUT2D eigenvalue weighted by atomic mass is 10.1. The summed E-state index contributed by atoms with van der Waals surface area (Å²) in [4.78, 5) is 12.9. The largest absolute Gasteiger partial charge is 0.371 e. The van der Waals surface area contributed by atoms with Crippen molar-refractivity contribution in [2.45, 2.75) is 26.7 Å². The number of nitrogens with zero attached hydrogens (tertiary/aromatic N) is 3. The van der Waals surface area contributed by atoms with Gasteiger partial charge in [-0.2, -0.15) is 5.10 Å². The van der Waals surface area contributed by atoms with Gasteiger partial charge >= 0.3 is 0 Å². The molecule has 0 saturated carbocycles. The topological polar surface area (TPSA) is 70.8 Å². The molecule has 132 valence electrons. The minimum Gasteiger partial charge on any atom is -0.371 e. The lowest BCUT2D eigenvalue weighted by molar-refractivity contribution is -0.384. The average molecular weight is 340 g/mol. The third kappa shape index (κ3) is 5.31. The Kier molecular flexibility index (Phi) is 6.95. The van der Waals surface area contributed by atoms with Crippen LogP contribution in [0.4, 0.5) is 17.1 Å². The number of nitro benzene ring substituents is 1. The van der Waals surface area contributed by atoms with E-state index in [2.05, 4.69) is 29.3 Å². The number of anilines is 2. The Morgan fingerprint density at radius 2 is 1.96 bits per heavy atom. The number of hydrogen-bond donors (Lipinski definition) is 1. The molecule has 1 N–H and O–H groups in total. The Bertz CT molecular complexity index is 717. The van der Waals surface area contributed by atoms with Gasteiger partial charge < -0.3 is 4.90 Å². The second kappa shape index (κ2) is 9.42. The van der Waals surface area contributed by atoms with Gasteiger partial charge in [0.1, 0.15) is 0 Å². The number of nitro groups is 1. The Morgan fingerprint density at radius 1 is 1.20 bits per heavy atom. The Labute approximate surface area is 148 Å². The van der Waals surface area contributed by atoms with Gasteiger partial charge in [-0.25, -0.2) is 0 Å². The molecule has 0 amide bonds. The van der Waals surface area contributed by atoms with E-state index in [-0.39, 0.29) is 10.6 Å². The predicted molar refractivity (Wildman–Crippen MR) is 104 cm³/mol. The number of nitrogens with one attached hydrogen (secondary N) is 1. The quantitative estimate of drug-likeness (QED) is 0.409. The summed E-state index contributed by atoms with van der Waals surface area (Å²) in [6.07, 6.45) is 3.82. The van der Waals surface area contributed by atoms with E-state index in [0.717, 1.165) is 42.9 Å². The van der Waals surface area contributed by atoms with Crippen molar-refractivity contribution in [3.05, 3.63) is 64.2 Å². The molecule has 0 fully saturated rings. The van der Waals surface area contributed by atoms with Crippen molar-refractivity contribution >= 4 is 23.3 Å². The first-order valence-electron chi connectivity index (χ1n) is 8.53. The summed E-state index contributed by atoms with van der Waals surface area (Å²) in [5, 5.41) is 15.3. The van der Waals surface area contributed by atoms with Gasteiger partial charge in [0.25, 0.3) is 5.69 Å².